The van der Waals surface area contributed by atoms with Crippen molar-refractivity contribution in [3.63, 3.8) is 0 Å². The first kappa shape index (κ1) is 18.4. The zero-order chi connectivity index (χ0) is 19.6. The maximum atomic E-state index is 13.7. The number of hydrogen-bond donors (Lipinski definition) is 0. The van der Waals surface area contributed by atoms with Crippen LogP contribution in [0.15, 0.2) is 60.9 Å². The lowest BCUT2D eigenvalue weighted by Crippen LogP contribution is -2.35. The third kappa shape index (κ3) is 3.83. The van der Waals surface area contributed by atoms with E-state index in [2.05, 4.69) is 15.2 Å². The summed E-state index contributed by atoms with van der Waals surface area (Å²) >= 11 is 0. The van der Waals surface area contributed by atoms with Gasteiger partial charge in [0.2, 0.25) is 0 Å². The van der Waals surface area contributed by atoms with Gasteiger partial charge in [-0.1, -0.05) is 36.4 Å². The first-order valence-electron chi connectivity index (χ1n) is 9.17. The van der Waals surface area contributed by atoms with Gasteiger partial charge in [-0.25, -0.2) is 0 Å². The molecule has 1 aliphatic rings. The first-order chi connectivity index (χ1) is 13.5. The molecule has 144 valence electrons. The van der Waals surface area contributed by atoms with Crippen LogP contribution in [0.2, 0.25) is 0 Å². The fraction of sp³-hybridized carbons (Fsp3) is 0.286. The average Bonchev–Trinajstić information content (AvgIpc) is 2.74. The second kappa shape index (κ2) is 7.58. The second-order valence-corrected chi connectivity index (χ2v) is 6.88. The van der Waals surface area contributed by atoms with E-state index in [1.54, 1.807) is 35.4 Å². The van der Waals surface area contributed by atoms with Crippen molar-refractivity contribution in [2.24, 2.45) is 0 Å². The van der Waals surface area contributed by atoms with Crippen molar-refractivity contribution in [2.75, 3.05) is 18.0 Å². The minimum absolute atomic E-state index is 0.0863. The predicted octanol–water partition coefficient (Wildman–Crippen LogP) is 4.94. The molecular weight excluding hydrogens is 365 g/mol. The van der Waals surface area contributed by atoms with Gasteiger partial charge in [0.15, 0.2) is 5.82 Å². The topological polar surface area (TPSA) is 41.9 Å². The molecule has 0 N–H and O–H groups in total. The van der Waals surface area contributed by atoms with Gasteiger partial charge in [0.1, 0.15) is 5.56 Å². The molecular formula is C21H19F3N4. The van der Waals surface area contributed by atoms with Crippen molar-refractivity contribution in [1.29, 1.82) is 0 Å². The number of pyridine rings is 1. The van der Waals surface area contributed by atoms with E-state index < -0.39 is 11.7 Å². The van der Waals surface area contributed by atoms with Gasteiger partial charge in [0.25, 0.3) is 0 Å². The number of nitrogens with zero attached hydrogens (tertiary/aromatic N) is 4. The SMILES string of the molecule is FC(F)(F)c1cc(-c2ccccc2)nnc1N1CCC(c2cccnc2)CC1. The lowest BCUT2D eigenvalue weighted by molar-refractivity contribution is -0.137. The highest BCUT2D eigenvalue weighted by Crippen LogP contribution is 2.39. The highest BCUT2D eigenvalue weighted by molar-refractivity contribution is 5.62. The zero-order valence-electron chi connectivity index (χ0n) is 15.1. The molecule has 3 heterocycles. The van der Waals surface area contributed by atoms with Gasteiger partial charge in [-0.3, -0.25) is 4.98 Å². The smallest absolute Gasteiger partial charge is 0.355 e. The predicted molar refractivity (Wildman–Crippen MR) is 101 cm³/mol. The highest BCUT2D eigenvalue weighted by Gasteiger charge is 2.37. The van der Waals surface area contributed by atoms with E-state index in [4.69, 9.17) is 0 Å². The van der Waals surface area contributed by atoms with Crippen LogP contribution in [0.25, 0.3) is 11.3 Å². The van der Waals surface area contributed by atoms with Crippen LogP contribution < -0.4 is 4.90 Å². The first-order valence-corrected chi connectivity index (χ1v) is 9.17. The molecule has 3 aromatic rings. The quantitative estimate of drug-likeness (QED) is 0.641. The summed E-state index contributed by atoms with van der Waals surface area (Å²) < 4.78 is 41.2. The van der Waals surface area contributed by atoms with Gasteiger partial charge in [-0.05, 0) is 36.5 Å². The van der Waals surface area contributed by atoms with Crippen LogP contribution in [0.3, 0.4) is 0 Å². The summed E-state index contributed by atoms with van der Waals surface area (Å²) in [5.41, 5.74) is 1.23. The monoisotopic (exact) mass is 384 g/mol. The maximum Gasteiger partial charge on any atom is 0.420 e. The van der Waals surface area contributed by atoms with Crippen molar-refractivity contribution in [3.05, 3.63) is 72.1 Å². The number of rotatable bonds is 3. The molecule has 4 nitrogen and oxygen atoms in total. The Labute approximate surface area is 161 Å². The molecule has 1 aromatic carbocycles. The Morgan fingerprint density at radius 1 is 0.929 bits per heavy atom. The van der Waals surface area contributed by atoms with Crippen molar-refractivity contribution >= 4 is 5.82 Å². The fourth-order valence-electron chi connectivity index (χ4n) is 3.62. The van der Waals surface area contributed by atoms with Gasteiger partial charge in [-0.15, -0.1) is 10.2 Å². The second-order valence-electron chi connectivity index (χ2n) is 6.88. The third-order valence-electron chi connectivity index (χ3n) is 5.10. The van der Waals surface area contributed by atoms with Crippen molar-refractivity contribution < 1.29 is 13.2 Å². The molecule has 7 heteroatoms. The van der Waals surface area contributed by atoms with Crippen molar-refractivity contribution in [3.8, 4) is 11.3 Å². The van der Waals surface area contributed by atoms with Crippen molar-refractivity contribution in [1.82, 2.24) is 15.2 Å². The third-order valence-corrected chi connectivity index (χ3v) is 5.10. The molecule has 0 saturated carbocycles. The Hall–Kier alpha value is -2.96. The van der Waals surface area contributed by atoms with Crippen LogP contribution >= 0.6 is 0 Å². The van der Waals surface area contributed by atoms with Crippen LogP contribution in [-0.2, 0) is 6.18 Å². The Bertz CT molecular complexity index is 921. The summed E-state index contributed by atoms with van der Waals surface area (Å²) in [5, 5.41) is 8.06. The highest BCUT2D eigenvalue weighted by atomic mass is 19.4. The van der Waals surface area contributed by atoms with Crippen LogP contribution in [0.1, 0.15) is 29.9 Å². The molecule has 0 unspecified atom stereocenters. The molecule has 2 aromatic heterocycles. The van der Waals surface area contributed by atoms with Gasteiger partial charge in [0, 0.05) is 31.0 Å². The number of piperidine rings is 1. The Morgan fingerprint density at radius 3 is 2.32 bits per heavy atom. The van der Waals surface area contributed by atoms with E-state index in [9.17, 15) is 13.2 Å². The number of halogens is 3. The Balaban J connectivity index is 1.59. The Morgan fingerprint density at radius 2 is 1.68 bits per heavy atom. The molecule has 0 atom stereocenters. The van der Waals surface area contributed by atoms with Gasteiger partial charge < -0.3 is 4.90 Å². The van der Waals surface area contributed by atoms with Crippen LogP contribution in [0.5, 0.6) is 0 Å². The molecule has 1 aliphatic heterocycles. The van der Waals surface area contributed by atoms with Crippen molar-refractivity contribution in [2.45, 2.75) is 24.9 Å². The summed E-state index contributed by atoms with van der Waals surface area (Å²) in [6, 6.07) is 13.8. The van der Waals surface area contributed by atoms with E-state index in [0.29, 0.717) is 24.6 Å². The van der Waals surface area contributed by atoms with Gasteiger partial charge in [-0.2, -0.15) is 13.2 Å². The summed E-state index contributed by atoms with van der Waals surface area (Å²) in [6.07, 6.45) is 0.569. The van der Waals surface area contributed by atoms with E-state index in [-0.39, 0.29) is 11.5 Å². The fourth-order valence-corrected chi connectivity index (χ4v) is 3.62. The molecule has 1 saturated heterocycles. The summed E-state index contributed by atoms with van der Waals surface area (Å²) in [7, 11) is 0. The molecule has 4 rings (SSSR count). The number of aromatic nitrogens is 3. The molecule has 28 heavy (non-hydrogen) atoms. The van der Waals surface area contributed by atoms with Gasteiger partial charge in [0.05, 0.1) is 5.69 Å². The van der Waals surface area contributed by atoms with Crippen LogP contribution in [0.4, 0.5) is 19.0 Å². The average molecular weight is 384 g/mol. The lowest BCUT2D eigenvalue weighted by Gasteiger charge is -2.33. The number of alkyl halides is 3. The molecule has 0 spiro atoms. The van der Waals surface area contributed by atoms with E-state index >= 15 is 0 Å². The van der Waals surface area contributed by atoms with E-state index in [1.165, 1.54) is 0 Å². The molecule has 0 bridgehead atoms. The molecule has 0 amide bonds. The summed E-state index contributed by atoms with van der Waals surface area (Å²) in [5.74, 6) is 0.215. The zero-order valence-corrected chi connectivity index (χ0v) is 15.1. The Kier molecular flexibility index (Phi) is 4.98. The standard InChI is InChI=1S/C21H19F3N4/c22-21(23,24)18-13-19(16-5-2-1-3-6-16)26-27-20(18)28-11-8-15(9-12-28)17-7-4-10-25-14-17/h1-7,10,13-15H,8-9,11-12H2. The lowest BCUT2D eigenvalue weighted by atomic mass is 9.90. The number of benzene rings is 1. The molecule has 0 radical (unpaired) electrons. The van der Waals surface area contributed by atoms with Crippen LogP contribution in [-0.4, -0.2) is 28.3 Å². The van der Waals surface area contributed by atoms with E-state index in [1.807, 2.05) is 24.4 Å². The maximum absolute atomic E-state index is 13.7. The van der Waals surface area contributed by atoms with Gasteiger partial charge >= 0.3 is 6.18 Å². The number of hydrogen-bond acceptors (Lipinski definition) is 4. The molecule has 0 aliphatic carbocycles. The minimum atomic E-state index is -4.49. The van der Waals surface area contributed by atoms with E-state index in [0.717, 1.165) is 24.5 Å². The summed E-state index contributed by atoms with van der Waals surface area (Å²) in [4.78, 5) is 5.83. The normalized spacial score (nSPS) is 15.6. The number of anilines is 1. The van der Waals surface area contributed by atoms with Crippen LogP contribution in [0, 0.1) is 0 Å². The molecule has 1 fully saturated rings. The summed E-state index contributed by atoms with van der Waals surface area (Å²) in [6.45, 7) is 1.00. The minimum Gasteiger partial charge on any atom is -0.355 e. The largest absolute Gasteiger partial charge is 0.420 e.